The highest BCUT2D eigenvalue weighted by Gasteiger charge is 2.19. The third kappa shape index (κ3) is 4.43. The number of para-hydroxylation sites is 2. The highest BCUT2D eigenvalue weighted by molar-refractivity contribution is 6.15. The Kier molecular flexibility index (Phi) is 6.17. The molecule has 0 spiro atoms. The van der Waals surface area contributed by atoms with Gasteiger partial charge in [0.2, 0.25) is 0 Å². The van der Waals surface area contributed by atoms with E-state index in [4.69, 9.17) is 4.42 Å². The van der Waals surface area contributed by atoms with Crippen molar-refractivity contribution in [2.24, 2.45) is 0 Å². The van der Waals surface area contributed by atoms with Crippen LogP contribution in [0.1, 0.15) is 0 Å². The molecule has 0 N–H and O–H groups in total. The van der Waals surface area contributed by atoms with E-state index in [0.717, 1.165) is 49.8 Å². The van der Waals surface area contributed by atoms with Crippen molar-refractivity contribution in [3.63, 3.8) is 0 Å². The van der Waals surface area contributed by atoms with Gasteiger partial charge in [-0.1, -0.05) is 121 Å². The van der Waals surface area contributed by atoms with Crippen LogP contribution in [0.15, 0.2) is 180 Å². The number of anilines is 3. The topological polar surface area (TPSA) is 16.4 Å². The average Bonchev–Trinajstić information content (AvgIpc) is 3.52. The summed E-state index contributed by atoms with van der Waals surface area (Å²) >= 11 is 0. The summed E-state index contributed by atoms with van der Waals surface area (Å²) in [6.45, 7) is 0. The molecule has 9 rings (SSSR count). The number of fused-ring (bicyclic) bond motifs is 6. The molecule has 9 aromatic rings. The first kappa shape index (κ1) is 26.3. The second-order valence-corrected chi connectivity index (χ2v) is 11.8. The maximum Gasteiger partial charge on any atom is 0.143 e. The molecule has 0 saturated heterocycles. The molecule has 0 radical (unpaired) electrons. The lowest BCUT2D eigenvalue weighted by atomic mass is 9.98. The summed E-state index contributed by atoms with van der Waals surface area (Å²) in [7, 11) is 0. The SMILES string of the molecule is c1ccc(-c2ccc(N(c3ccc4c(ccc5c6ccccc6oc45)c3)c3ccccc3-c3ccc4ccccc4c3)cc2)cc1. The predicted molar refractivity (Wildman–Crippen MR) is 194 cm³/mol. The molecular formula is C44H29NO. The van der Waals surface area contributed by atoms with E-state index >= 15 is 0 Å². The van der Waals surface area contributed by atoms with Crippen LogP contribution in [0.3, 0.4) is 0 Å². The van der Waals surface area contributed by atoms with Crippen LogP contribution in [0.25, 0.3) is 65.7 Å². The van der Waals surface area contributed by atoms with Gasteiger partial charge in [0.1, 0.15) is 11.2 Å². The molecule has 0 aliphatic heterocycles. The number of hydrogen-bond acceptors (Lipinski definition) is 2. The average molecular weight is 588 g/mol. The molecule has 0 amide bonds. The smallest absolute Gasteiger partial charge is 0.143 e. The highest BCUT2D eigenvalue weighted by atomic mass is 16.3. The Hall–Kier alpha value is -6.12. The molecule has 8 aromatic carbocycles. The first-order valence-electron chi connectivity index (χ1n) is 15.7. The largest absolute Gasteiger partial charge is 0.455 e. The third-order valence-electron chi connectivity index (χ3n) is 9.04. The molecule has 0 unspecified atom stereocenters. The monoisotopic (exact) mass is 587 g/mol. The van der Waals surface area contributed by atoms with Crippen LogP contribution in [-0.2, 0) is 0 Å². The van der Waals surface area contributed by atoms with Crippen molar-refractivity contribution in [2.75, 3.05) is 4.90 Å². The zero-order chi connectivity index (χ0) is 30.5. The van der Waals surface area contributed by atoms with Gasteiger partial charge in [0, 0.05) is 33.1 Å². The van der Waals surface area contributed by atoms with Crippen LogP contribution in [0.4, 0.5) is 17.1 Å². The Morgan fingerprint density at radius 2 is 1.02 bits per heavy atom. The van der Waals surface area contributed by atoms with E-state index in [1.807, 2.05) is 12.1 Å². The number of nitrogens with zero attached hydrogens (tertiary/aromatic N) is 1. The van der Waals surface area contributed by atoms with E-state index < -0.39 is 0 Å². The van der Waals surface area contributed by atoms with E-state index in [1.54, 1.807) is 0 Å². The Labute approximate surface area is 267 Å². The summed E-state index contributed by atoms with van der Waals surface area (Å²) in [6, 6.07) is 62.8. The summed E-state index contributed by atoms with van der Waals surface area (Å²) in [6.07, 6.45) is 0. The molecule has 2 heteroatoms. The lowest BCUT2D eigenvalue weighted by Crippen LogP contribution is -2.11. The quantitative estimate of drug-likeness (QED) is 0.199. The minimum Gasteiger partial charge on any atom is -0.455 e. The van der Waals surface area contributed by atoms with Gasteiger partial charge in [-0.2, -0.15) is 0 Å². The predicted octanol–water partition coefficient (Wildman–Crippen LogP) is 12.7. The van der Waals surface area contributed by atoms with E-state index in [9.17, 15) is 0 Å². The number of benzene rings is 8. The van der Waals surface area contributed by atoms with Crippen molar-refractivity contribution >= 4 is 60.5 Å². The minimum atomic E-state index is 0.915. The van der Waals surface area contributed by atoms with Crippen LogP contribution in [-0.4, -0.2) is 0 Å². The van der Waals surface area contributed by atoms with Crippen LogP contribution in [0, 0.1) is 0 Å². The molecule has 216 valence electrons. The molecular weight excluding hydrogens is 558 g/mol. The summed E-state index contributed by atoms with van der Waals surface area (Å²) < 4.78 is 6.39. The normalized spacial score (nSPS) is 11.5. The van der Waals surface area contributed by atoms with Crippen molar-refractivity contribution in [3.05, 3.63) is 176 Å². The molecule has 46 heavy (non-hydrogen) atoms. The van der Waals surface area contributed by atoms with Gasteiger partial charge in [0.15, 0.2) is 0 Å². The summed E-state index contributed by atoms with van der Waals surface area (Å²) in [5.41, 5.74) is 9.91. The van der Waals surface area contributed by atoms with E-state index in [2.05, 4.69) is 169 Å². The van der Waals surface area contributed by atoms with Crippen LogP contribution in [0.5, 0.6) is 0 Å². The zero-order valence-corrected chi connectivity index (χ0v) is 25.1. The van der Waals surface area contributed by atoms with Gasteiger partial charge in [-0.15, -0.1) is 0 Å². The van der Waals surface area contributed by atoms with Gasteiger partial charge >= 0.3 is 0 Å². The fourth-order valence-electron chi connectivity index (χ4n) is 6.77. The maximum absolute atomic E-state index is 6.39. The summed E-state index contributed by atoms with van der Waals surface area (Å²) in [4.78, 5) is 2.38. The molecule has 2 nitrogen and oxygen atoms in total. The van der Waals surface area contributed by atoms with Crippen molar-refractivity contribution in [1.82, 2.24) is 0 Å². The van der Waals surface area contributed by atoms with Gasteiger partial charge in [0.25, 0.3) is 0 Å². The van der Waals surface area contributed by atoms with Crippen molar-refractivity contribution in [1.29, 1.82) is 0 Å². The molecule has 0 fully saturated rings. The Bertz CT molecular complexity index is 2530. The fourth-order valence-corrected chi connectivity index (χ4v) is 6.77. The Balaban J connectivity index is 1.24. The fraction of sp³-hybridized carbons (Fsp3) is 0. The van der Waals surface area contributed by atoms with E-state index in [-0.39, 0.29) is 0 Å². The molecule has 0 bridgehead atoms. The molecule has 0 aliphatic carbocycles. The summed E-state index contributed by atoms with van der Waals surface area (Å²) in [5, 5.41) is 7.01. The minimum absolute atomic E-state index is 0.915. The molecule has 1 aromatic heterocycles. The van der Waals surface area contributed by atoms with Crippen LogP contribution < -0.4 is 4.90 Å². The van der Waals surface area contributed by atoms with Gasteiger partial charge in [-0.25, -0.2) is 0 Å². The maximum atomic E-state index is 6.39. The van der Waals surface area contributed by atoms with E-state index in [0.29, 0.717) is 0 Å². The number of hydrogen-bond donors (Lipinski definition) is 0. The lowest BCUT2D eigenvalue weighted by Gasteiger charge is -2.28. The van der Waals surface area contributed by atoms with Gasteiger partial charge in [-0.3, -0.25) is 0 Å². The lowest BCUT2D eigenvalue weighted by molar-refractivity contribution is 0.672. The van der Waals surface area contributed by atoms with Crippen molar-refractivity contribution in [3.8, 4) is 22.3 Å². The molecule has 0 atom stereocenters. The molecule has 1 heterocycles. The van der Waals surface area contributed by atoms with Crippen LogP contribution in [0.2, 0.25) is 0 Å². The zero-order valence-electron chi connectivity index (χ0n) is 25.1. The Morgan fingerprint density at radius 1 is 0.370 bits per heavy atom. The highest BCUT2D eigenvalue weighted by Crippen LogP contribution is 2.43. The number of furan rings is 1. The van der Waals surface area contributed by atoms with Gasteiger partial charge < -0.3 is 9.32 Å². The molecule has 0 aliphatic rings. The van der Waals surface area contributed by atoms with Crippen molar-refractivity contribution in [2.45, 2.75) is 0 Å². The van der Waals surface area contributed by atoms with Gasteiger partial charge in [-0.05, 0) is 87.4 Å². The van der Waals surface area contributed by atoms with E-state index in [1.165, 1.54) is 33.0 Å². The molecule has 0 saturated carbocycles. The summed E-state index contributed by atoms with van der Waals surface area (Å²) in [5.74, 6) is 0. The Morgan fingerprint density at radius 3 is 1.91 bits per heavy atom. The van der Waals surface area contributed by atoms with Crippen molar-refractivity contribution < 1.29 is 4.42 Å². The second-order valence-electron chi connectivity index (χ2n) is 11.8. The van der Waals surface area contributed by atoms with Crippen LogP contribution >= 0.6 is 0 Å². The standard InChI is InChI=1S/C44H29NO/c1-2-10-30(11-3-1)32-20-23-36(24-21-32)45(42-16-8-6-14-38(42)34-19-18-31-12-4-5-13-33(31)28-34)37-25-27-39-35(29-37)22-26-41-40-15-7-9-17-43(40)46-44(39)41/h1-29H. The van der Waals surface area contributed by atoms with Gasteiger partial charge in [0.05, 0.1) is 5.69 Å². The number of rotatable bonds is 5. The first-order chi connectivity index (χ1) is 22.8. The first-order valence-corrected chi connectivity index (χ1v) is 15.7. The second kappa shape index (κ2) is 10.8. The third-order valence-corrected chi connectivity index (χ3v) is 9.04.